The third kappa shape index (κ3) is 3.76. The van der Waals surface area contributed by atoms with E-state index in [1.807, 2.05) is 0 Å². The zero-order valence-corrected chi connectivity index (χ0v) is 10.2. The first-order valence-electron chi connectivity index (χ1n) is 5.89. The summed E-state index contributed by atoms with van der Waals surface area (Å²) in [6.07, 6.45) is 4.18. The van der Waals surface area contributed by atoms with E-state index in [-0.39, 0.29) is 17.9 Å². The van der Waals surface area contributed by atoms with Gasteiger partial charge >= 0.3 is 12.0 Å². The summed E-state index contributed by atoms with van der Waals surface area (Å²) in [7, 11) is 1.68. The molecule has 0 aromatic heterocycles. The average Bonchev–Trinajstić information content (AvgIpc) is 2.74. The monoisotopic (exact) mass is 240 g/mol. The number of carboxylic acids is 1. The number of carbonyl (C=O) groups excluding carboxylic acids is 1. The largest absolute Gasteiger partial charge is 0.481 e. The van der Waals surface area contributed by atoms with Crippen LogP contribution in [0.25, 0.3) is 0 Å². The molecule has 2 atom stereocenters. The molecule has 17 heavy (non-hydrogen) atoms. The summed E-state index contributed by atoms with van der Waals surface area (Å²) in [5.41, 5.74) is 0. The fourth-order valence-corrected chi connectivity index (χ4v) is 2.24. The highest BCUT2D eigenvalue weighted by Gasteiger charge is 2.32. The Morgan fingerprint density at radius 3 is 2.82 bits per heavy atom. The summed E-state index contributed by atoms with van der Waals surface area (Å²) < 4.78 is 0. The maximum absolute atomic E-state index is 11.6. The van der Waals surface area contributed by atoms with E-state index in [2.05, 4.69) is 11.9 Å². The zero-order valence-electron chi connectivity index (χ0n) is 10.2. The van der Waals surface area contributed by atoms with Crippen LogP contribution in [0.2, 0.25) is 0 Å². The van der Waals surface area contributed by atoms with Crippen molar-refractivity contribution >= 4 is 12.0 Å². The van der Waals surface area contributed by atoms with E-state index in [1.54, 1.807) is 13.1 Å². The van der Waals surface area contributed by atoms with Crippen molar-refractivity contribution in [1.82, 2.24) is 10.2 Å². The number of likely N-dealkylation sites (N-methyl/N-ethyl adjacent to an activating group) is 1. The van der Waals surface area contributed by atoms with E-state index >= 15 is 0 Å². The minimum atomic E-state index is -0.749. The third-order valence-corrected chi connectivity index (χ3v) is 3.24. The minimum absolute atomic E-state index is 0.0635. The average molecular weight is 240 g/mol. The predicted octanol–water partition coefficient (Wildman–Crippen LogP) is 1.31. The van der Waals surface area contributed by atoms with E-state index in [4.69, 9.17) is 5.11 Å². The Hall–Kier alpha value is -1.52. The van der Waals surface area contributed by atoms with E-state index in [0.717, 1.165) is 19.3 Å². The van der Waals surface area contributed by atoms with Gasteiger partial charge in [0.05, 0.1) is 5.92 Å². The van der Waals surface area contributed by atoms with Crippen molar-refractivity contribution in [2.24, 2.45) is 11.8 Å². The molecular formula is C12H20N2O3. The first kappa shape index (κ1) is 13.5. The Kier molecular flexibility index (Phi) is 5.00. The molecule has 96 valence electrons. The van der Waals surface area contributed by atoms with Crippen LogP contribution in [0.1, 0.15) is 19.3 Å². The van der Waals surface area contributed by atoms with Gasteiger partial charge in [0, 0.05) is 20.1 Å². The van der Waals surface area contributed by atoms with Gasteiger partial charge < -0.3 is 15.3 Å². The van der Waals surface area contributed by atoms with Crippen molar-refractivity contribution in [3.8, 4) is 0 Å². The van der Waals surface area contributed by atoms with Gasteiger partial charge in [-0.05, 0) is 18.8 Å². The van der Waals surface area contributed by atoms with Crippen molar-refractivity contribution in [1.29, 1.82) is 0 Å². The molecule has 0 aromatic carbocycles. The molecule has 2 N–H and O–H groups in total. The third-order valence-electron chi connectivity index (χ3n) is 3.24. The van der Waals surface area contributed by atoms with Crippen LogP contribution in [0.5, 0.6) is 0 Å². The molecule has 2 unspecified atom stereocenters. The Labute approximate surface area is 101 Å². The molecular weight excluding hydrogens is 220 g/mol. The van der Waals surface area contributed by atoms with Gasteiger partial charge in [-0.25, -0.2) is 4.79 Å². The molecule has 0 heterocycles. The molecule has 0 aliphatic heterocycles. The molecule has 1 fully saturated rings. The molecule has 1 saturated carbocycles. The highest BCUT2D eigenvalue weighted by atomic mass is 16.4. The molecule has 0 aromatic rings. The van der Waals surface area contributed by atoms with Gasteiger partial charge in [0.2, 0.25) is 0 Å². The van der Waals surface area contributed by atoms with Gasteiger partial charge in [-0.2, -0.15) is 0 Å². The van der Waals surface area contributed by atoms with Crippen LogP contribution < -0.4 is 5.32 Å². The number of rotatable bonds is 5. The van der Waals surface area contributed by atoms with E-state index in [1.165, 1.54) is 4.90 Å². The van der Waals surface area contributed by atoms with Crippen LogP contribution in [0, 0.1) is 11.8 Å². The van der Waals surface area contributed by atoms with Crippen LogP contribution >= 0.6 is 0 Å². The quantitative estimate of drug-likeness (QED) is 0.712. The Bertz CT molecular complexity index is 304. The summed E-state index contributed by atoms with van der Waals surface area (Å²) in [4.78, 5) is 24.1. The Balaban J connectivity index is 2.37. The Morgan fingerprint density at radius 1 is 1.53 bits per heavy atom. The van der Waals surface area contributed by atoms with Gasteiger partial charge in [-0.3, -0.25) is 4.79 Å². The topological polar surface area (TPSA) is 69.6 Å². The number of aliphatic carboxylic acids is 1. The SMILES string of the molecule is C=CCN(C)C(=O)NCC1CCCC1C(=O)O. The molecule has 0 saturated heterocycles. The lowest BCUT2D eigenvalue weighted by atomic mass is 9.96. The first-order chi connectivity index (χ1) is 8.06. The van der Waals surface area contributed by atoms with E-state index in [9.17, 15) is 9.59 Å². The molecule has 1 rings (SSSR count). The number of nitrogens with zero attached hydrogens (tertiary/aromatic N) is 1. The molecule has 5 heteroatoms. The molecule has 0 spiro atoms. The fraction of sp³-hybridized carbons (Fsp3) is 0.667. The highest BCUT2D eigenvalue weighted by molar-refractivity contribution is 5.74. The molecule has 0 radical (unpaired) electrons. The van der Waals surface area contributed by atoms with E-state index < -0.39 is 5.97 Å². The van der Waals surface area contributed by atoms with Gasteiger partial charge in [-0.15, -0.1) is 6.58 Å². The van der Waals surface area contributed by atoms with Crippen LogP contribution in [-0.4, -0.2) is 42.1 Å². The van der Waals surface area contributed by atoms with E-state index in [0.29, 0.717) is 13.1 Å². The zero-order chi connectivity index (χ0) is 12.8. The smallest absolute Gasteiger partial charge is 0.317 e. The lowest BCUT2D eigenvalue weighted by molar-refractivity contribution is -0.142. The lowest BCUT2D eigenvalue weighted by Crippen LogP contribution is -2.40. The van der Waals surface area contributed by atoms with Gasteiger partial charge in [0.25, 0.3) is 0 Å². The highest BCUT2D eigenvalue weighted by Crippen LogP contribution is 2.31. The van der Waals surface area contributed by atoms with Gasteiger partial charge in [0.1, 0.15) is 0 Å². The summed E-state index contributed by atoms with van der Waals surface area (Å²) >= 11 is 0. The summed E-state index contributed by atoms with van der Waals surface area (Å²) in [6, 6.07) is -0.180. The summed E-state index contributed by atoms with van der Waals surface area (Å²) in [5.74, 6) is -0.991. The standard InChI is InChI=1S/C12H20N2O3/c1-3-7-14(2)12(17)13-8-9-5-4-6-10(9)11(15)16/h3,9-10H,1,4-8H2,2H3,(H,13,17)(H,15,16). The number of urea groups is 1. The second kappa shape index (κ2) is 6.27. The molecule has 1 aliphatic carbocycles. The number of hydrogen-bond donors (Lipinski definition) is 2. The Morgan fingerprint density at radius 2 is 2.24 bits per heavy atom. The van der Waals surface area contributed by atoms with Crippen molar-refractivity contribution in [2.75, 3.05) is 20.1 Å². The second-order valence-electron chi connectivity index (χ2n) is 4.49. The molecule has 0 bridgehead atoms. The maximum atomic E-state index is 11.6. The van der Waals surface area contributed by atoms with Gasteiger partial charge in [-0.1, -0.05) is 12.5 Å². The maximum Gasteiger partial charge on any atom is 0.317 e. The molecule has 2 amide bonds. The number of nitrogens with one attached hydrogen (secondary N) is 1. The summed E-state index contributed by atoms with van der Waals surface area (Å²) in [5, 5.41) is 11.8. The van der Waals surface area contributed by atoms with Crippen LogP contribution in [0.3, 0.4) is 0 Å². The van der Waals surface area contributed by atoms with Crippen molar-refractivity contribution in [3.63, 3.8) is 0 Å². The lowest BCUT2D eigenvalue weighted by Gasteiger charge is -2.20. The molecule has 5 nitrogen and oxygen atoms in total. The fourth-order valence-electron chi connectivity index (χ4n) is 2.24. The number of amides is 2. The van der Waals surface area contributed by atoms with Crippen LogP contribution in [0.4, 0.5) is 4.79 Å². The van der Waals surface area contributed by atoms with Crippen molar-refractivity contribution in [3.05, 3.63) is 12.7 Å². The predicted molar refractivity (Wildman–Crippen MR) is 64.7 cm³/mol. The second-order valence-corrected chi connectivity index (χ2v) is 4.49. The van der Waals surface area contributed by atoms with Crippen LogP contribution in [-0.2, 0) is 4.79 Å². The van der Waals surface area contributed by atoms with Crippen molar-refractivity contribution < 1.29 is 14.7 Å². The number of carboxylic acid groups (broad SMARTS) is 1. The first-order valence-corrected chi connectivity index (χ1v) is 5.89. The summed E-state index contributed by atoms with van der Waals surface area (Å²) in [6.45, 7) is 4.48. The van der Waals surface area contributed by atoms with Crippen molar-refractivity contribution in [2.45, 2.75) is 19.3 Å². The number of hydrogen-bond acceptors (Lipinski definition) is 2. The van der Waals surface area contributed by atoms with Crippen LogP contribution in [0.15, 0.2) is 12.7 Å². The molecule has 1 aliphatic rings. The van der Waals surface area contributed by atoms with Gasteiger partial charge in [0.15, 0.2) is 0 Å². The number of carbonyl (C=O) groups is 2. The normalized spacial score (nSPS) is 23.1. The minimum Gasteiger partial charge on any atom is -0.481 e.